The third-order valence-corrected chi connectivity index (χ3v) is 2.65. The molecule has 0 radical (unpaired) electrons. The van der Waals surface area contributed by atoms with Crippen LogP contribution in [-0.2, 0) is 20.0 Å². The Morgan fingerprint density at radius 1 is 1.44 bits per heavy atom. The Kier molecular flexibility index (Phi) is 3.76. The van der Waals surface area contributed by atoms with Gasteiger partial charge in [-0.2, -0.15) is 10.1 Å². The van der Waals surface area contributed by atoms with Crippen LogP contribution in [0.15, 0.2) is 10.6 Å². The molecule has 0 aromatic carbocycles. The molecule has 98 valence electrons. The van der Waals surface area contributed by atoms with Gasteiger partial charge in [-0.05, 0) is 12.5 Å². The van der Waals surface area contributed by atoms with E-state index in [4.69, 9.17) is 4.52 Å². The summed E-state index contributed by atoms with van der Waals surface area (Å²) in [5.41, 5.74) is 1.88. The highest BCUT2D eigenvalue weighted by molar-refractivity contribution is 5.47. The topological polar surface area (TPSA) is 68.8 Å². The van der Waals surface area contributed by atoms with Gasteiger partial charge in [0.1, 0.15) is 5.69 Å². The molecule has 6 nitrogen and oxygen atoms in total. The van der Waals surface area contributed by atoms with Crippen LogP contribution in [0.1, 0.15) is 32.3 Å². The summed E-state index contributed by atoms with van der Waals surface area (Å²) in [6.07, 6.45) is 0.893. The van der Waals surface area contributed by atoms with E-state index in [2.05, 4.69) is 41.3 Å². The number of aryl methyl sites for hydroxylation is 2. The van der Waals surface area contributed by atoms with Gasteiger partial charge in [-0.1, -0.05) is 25.9 Å². The smallest absolute Gasteiger partial charge is 0.276 e. The van der Waals surface area contributed by atoms with Gasteiger partial charge in [0.05, 0.1) is 12.2 Å². The fourth-order valence-corrected chi connectivity index (χ4v) is 1.62. The molecule has 0 saturated carbocycles. The number of nitrogens with zero attached hydrogens (tertiary/aromatic N) is 4. The molecule has 0 aliphatic heterocycles. The normalized spacial score (nSPS) is 11.4. The van der Waals surface area contributed by atoms with Crippen LogP contribution in [0.4, 0.5) is 0 Å². The van der Waals surface area contributed by atoms with Gasteiger partial charge < -0.3 is 9.84 Å². The second kappa shape index (κ2) is 5.30. The molecule has 0 unspecified atom stereocenters. The van der Waals surface area contributed by atoms with Crippen molar-refractivity contribution in [1.82, 2.24) is 25.2 Å². The molecule has 2 aromatic heterocycles. The molecular formula is C12H19N5O. The molecule has 0 amide bonds. The number of aromatic nitrogens is 4. The summed E-state index contributed by atoms with van der Waals surface area (Å²) in [6.45, 7) is 6.84. The second-order valence-electron chi connectivity index (χ2n) is 4.55. The first-order chi connectivity index (χ1) is 8.60. The van der Waals surface area contributed by atoms with E-state index in [9.17, 15) is 0 Å². The third kappa shape index (κ3) is 2.76. The van der Waals surface area contributed by atoms with Crippen molar-refractivity contribution in [2.75, 3.05) is 0 Å². The standard InChI is InChI=1S/C12H19N5O/c1-5-9-6-10(17(4)15-9)12-14-11(16-18-12)7-13-8(2)3/h6,8,13H,5,7H2,1-4H3. The van der Waals surface area contributed by atoms with Crippen LogP contribution in [0, 0.1) is 0 Å². The van der Waals surface area contributed by atoms with Crippen LogP contribution < -0.4 is 5.32 Å². The summed E-state index contributed by atoms with van der Waals surface area (Å²) < 4.78 is 7.03. The van der Waals surface area contributed by atoms with Crippen LogP contribution in [0.5, 0.6) is 0 Å². The summed E-state index contributed by atoms with van der Waals surface area (Å²) in [5.74, 6) is 1.18. The molecule has 0 bridgehead atoms. The summed E-state index contributed by atoms with van der Waals surface area (Å²) in [5, 5.41) is 11.6. The predicted molar refractivity (Wildman–Crippen MR) is 67.9 cm³/mol. The molecule has 2 rings (SSSR count). The van der Waals surface area contributed by atoms with Gasteiger partial charge in [-0.25, -0.2) is 0 Å². The van der Waals surface area contributed by atoms with E-state index in [-0.39, 0.29) is 0 Å². The summed E-state index contributed by atoms with van der Waals surface area (Å²) in [6, 6.07) is 2.38. The lowest BCUT2D eigenvalue weighted by Gasteiger charge is -2.03. The average molecular weight is 249 g/mol. The van der Waals surface area contributed by atoms with Gasteiger partial charge >= 0.3 is 0 Å². The molecule has 2 heterocycles. The minimum absolute atomic E-state index is 0.398. The summed E-state index contributed by atoms with van der Waals surface area (Å²) in [4.78, 5) is 4.36. The van der Waals surface area contributed by atoms with E-state index in [0.717, 1.165) is 17.8 Å². The van der Waals surface area contributed by atoms with E-state index in [1.807, 2.05) is 13.1 Å². The molecule has 0 aliphatic carbocycles. The van der Waals surface area contributed by atoms with Gasteiger partial charge in [-0.3, -0.25) is 4.68 Å². The Morgan fingerprint density at radius 3 is 2.83 bits per heavy atom. The molecule has 1 N–H and O–H groups in total. The zero-order chi connectivity index (χ0) is 13.1. The monoisotopic (exact) mass is 249 g/mol. The maximum Gasteiger partial charge on any atom is 0.276 e. The van der Waals surface area contributed by atoms with Crippen molar-refractivity contribution in [1.29, 1.82) is 0 Å². The Morgan fingerprint density at radius 2 is 2.22 bits per heavy atom. The van der Waals surface area contributed by atoms with Crippen molar-refractivity contribution in [2.24, 2.45) is 7.05 Å². The highest BCUT2D eigenvalue weighted by Gasteiger charge is 2.14. The fourth-order valence-electron chi connectivity index (χ4n) is 1.62. The quantitative estimate of drug-likeness (QED) is 0.870. The van der Waals surface area contributed by atoms with E-state index >= 15 is 0 Å². The maximum atomic E-state index is 5.26. The van der Waals surface area contributed by atoms with Crippen molar-refractivity contribution in [3.8, 4) is 11.6 Å². The highest BCUT2D eigenvalue weighted by atomic mass is 16.5. The van der Waals surface area contributed by atoms with Gasteiger partial charge in [0.25, 0.3) is 5.89 Å². The SMILES string of the molecule is CCc1cc(-c2nc(CNC(C)C)no2)n(C)n1. The molecule has 18 heavy (non-hydrogen) atoms. The first-order valence-corrected chi connectivity index (χ1v) is 6.19. The summed E-state index contributed by atoms with van der Waals surface area (Å²) >= 11 is 0. The van der Waals surface area contributed by atoms with E-state index in [1.165, 1.54) is 0 Å². The fraction of sp³-hybridized carbons (Fsp3) is 0.583. The molecule has 2 aromatic rings. The van der Waals surface area contributed by atoms with Crippen molar-refractivity contribution in [3.05, 3.63) is 17.6 Å². The second-order valence-corrected chi connectivity index (χ2v) is 4.55. The lowest BCUT2D eigenvalue weighted by molar-refractivity contribution is 0.414. The van der Waals surface area contributed by atoms with E-state index in [0.29, 0.717) is 24.3 Å². The number of nitrogens with one attached hydrogen (secondary N) is 1. The van der Waals surface area contributed by atoms with Gasteiger partial charge in [-0.15, -0.1) is 0 Å². The number of rotatable bonds is 5. The molecule has 0 aliphatic rings. The van der Waals surface area contributed by atoms with Crippen molar-refractivity contribution in [2.45, 2.75) is 39.8 Å². The van der Waals surface area contributed by atoms with Crippen LogP contribution in [0.25, 0.3) is 11.6 Å². The van der Waals surface area contributed by atoms with Crippen molar-refractivity contribution in [3.63, 3.8) is 0 Å². The Balaban J connectivity index is 2.15. The molecule has 0 saturated heterocycles. The lowest BCUT2D eigenvalue weighted by Crippen LogP contribution is -2.22. The Hall–Kier alpha value is -1.69. The van der Waals surface area contributed by atoms with Gasteiger partial charge in [0, 0.05) is 13.1 Å². The predicted octanol–water partition coefficient (Wildman–Crippen LogP) is 1.53. The molecule has 0 fully saturated rings. The van der Waals surface area contributed by atoms with Crippen LogP contribution in [0.3, 0.4) is 0 Å². The summed E-state index contributed by atoms with van der Waals surface area (Å²) in [7, 11) is 1.88. The van der Waals surface area contributed by atoms with Crippen molar-refractivity contribution >= 4 is 0 Å². The van der Waals surface area contributed by atoms with Gasteiger partial charge in [0.2, 0.25) is 0 Å². The minimum Gasteiger partial charge on any atom is -0.332 e. The Labute approximate surface area is 106 Å². The number of hydrogen-bond donors (Lipinski definition) is 1. The molecule has 6 heteroatoms. The molecule has 0 spiro atoms. The average Bonchev–Trinajstić information content (AvgIpc) is 2.92. The first kappa shape index (κ1) is 12.8. The Bertz CT molecular complexity index is 514. The third-order valence-electron chi connectivity index (χ3n) is 2.65. The zero-order valence-corrected chi connectivity index (χ0v) is 11.3. The molecular weight excluding hydrogens is 230 g/mol. The van der Waals surface area contributed by atoms with Crippen molar-refractivity contribution < 1.29 is 4.52 Å². The maximum absolute atomic E-state index is 5.26. The zero-order valence-electron chi connectivity index (χ0n) is 11.3. The van der Waals surface area contributed by atoms with Gasteiger partial charge in [0.15, 0.2) is 5.82 Å². The van der Waals surface area contributed by atoms with E-state index < -0.39 is 0 Å². The lowest BCUT2D eigenvalue weighted by atomic mass is 10.3. The number of hydrogen-bond acceptors (Lipinski definition) is 5. The van der Waals surface area contributed by atoms with Crippen LogP contribution >= 0.6 is 0 Å². The largest absolute Gasteiger partial charge is 0.332 e. The van der Waals surface area contributed by atoms with Crippen LogP contribution in [0.2, 0.25) is 0 Å². The first-order valence-electron chi connectivity index (χ1n) is 6.19. The minimum atomic E-state index is 0.398. The molecule has 0 atom stereocenters. The van der Waals surface area contributed by atoms with Crippen LogP contribution in [-0.4, -0.2) is 26.0 Å². The highest BCUT2D eigenvalue weighted by Crippen LogP contribution is 2.17. The van der Waals surface area contributed by atoms with E-state index in [1.54, 1.807) is 4.68 Å².